The fraction of sp³-hybridized carbons (Fsp3) is 0.833. The van der Waals surface area contributed by atoms with E-state index in [0.717, 1.165) is 30.7 Å². The van der Waals surface area contributed by atoms with Crippen LogP contribution < -0.4 is 10.2 Å². The fourth-order valence-corrected chi connectivity index (χ4v) is 2.57. The maximum atomic E-state index is 4.57. The van der Waals surface area contributed by atoms with Gasteiger partial charge in [0.05, 0.1) is 0 Å². The highest BCUT2D eigenvalue weighted by molar-refractivity contribution is 7.09. The zero-order chi connectivity index (χ0) is 12.1. The van der Waals surface area contributed by atoms with Gasteiger partial charge in [0.15, 0.2) is 0 Å². The van der Waals surface area contributed by atoms with E-state index in [1.54, 1.807) is 0 Å². The van der Waals surface area contributed by atoms with Crippen LogP contribution in [0.5, 0.6) is 0 Å². The summed E-state index contributed by atoms with van der Waals surface area (Å²) < 4.78 is 4.45. The summed E-state index contributed by atoms with van der Waals surface area (Å²) >= 11 is 1.48. The Bertz CT molecular complexity index is 329. The summed E-state index contributed by atoms with van der Waals surface area (Å²) in [5, 5.41) is 4.29. The lowest BCUT2D eigenvalue weighted by Crippen LogP contribution is -2.24. The predicted octanol–water partition coefficient (Wildman–Crippen LogP) is 2.99. The smallest absolute Gasteiger partial charge is 0.239 e. The Morgan fingerprint density at radius 3 is 2.59 bits per heavy atom. The third-order valence-electron chi connectivity index (χ3n) is 2.97. The van der Waals surface area contributed by atoms with Gasteiger partial charge in [0.25, 0.3) is 0 Å². The Labute approximate surface area is 108 Å². The van der Waals surface area contributed by atoms with Gasteiger partial charge >= 0.3 is 0 Å². The van der Waals surface area contributed by atoms with Crippen LogP contribution in [0.2, 0.25) is 0 Å². The van der Waals surface area contributed by atoms with Crippen LogP contribution in [0.25, 0.3) is 0 Å². The quantitative estimate of drug-likeness (QED) is 0.897. The van der Waals surface area contributed by atoms with E-state index in [-0.39, 0.29) is 0 Å². The molecule has 5 heteroatoms. The highest BCUT2D eigenvalue weighted by Crippen LogP contribution is 2.21. The molecule has 2 heterocycles. The van der Waals surface area contributed by atoms with Crippen LogP contribution in [0.3, 0.4) is 0 Å². The van der Waals surface area contributed by atoms with E-state index in [9.17, 15) is 0 Å². The molecule has 0 aliphatic carbocycles. The summed E-state index contributed by atoms with van der Waals surface area (Å²) in [6, 6.07) is 0. The predicted molar refractivity (Wildman–Crippen MR) is 73.9 cm³/mol. The van der Waals surface area contributed by atoms with Gasteiger partial charge in [-0.05, 0) is 18.8 Å². The largest absolute Gasteiger partial charge is 0.360 e. The molecule has 1 aromatic rings. The first-order valence-electron chi connectivity index (χ1n) is 6.58. The van der Waals surface area contributed by atoms with Crippen molar-refractivity contribution in [3.8, 4) is 0 Å². The number of aromatic nitrogens is 2. The van der Waals surface area contributed by atoms with Gasteiger partial charge in [-0.15, -0.1) is 0 Å². The molecule has 1 aromatic heterocycles. The highest BCUT2D eigenvalue weighted by atomic mass is 32.1. The third-order valence-corrected chi connectivity index (χ3v) is 3.63. The maximum absolute atomic E-state index is 4.57. The van der Waals surface area contributed by atoms with Gasteiger partial charge in [0.2, 0.25) is 11.1 Å². The van der Waals surface area contributed by atoms with Crippen LogP contribution in [0.1, 0.15) is 39.5 Å². The summed E-state index contributed by atoms with van der Waals surface area (Å²) in [4.78, 5) is 6.89. The van der Waals surface area contributed by atoms with E-state index in [0.29, 0.717) is 5.92 Å². The zero-order valence-electron chi connectivity index (χ0n) is 10.8. The molecule has 1 N–H and O–H groups in total. The zero-order valence-corrected chi connectivity index (χ0v) is 11.6. The second-order valence-electron chi connectivity index (χ2n) is 5.08. The lowest BCUT2D eigenvalue weighted by Gasteiger charge is -2.17. The van der Waals surface area contributed by atoms with E-state index >= 15 is 0 Å². The molecule has 1 fully saturated rings. The molecule has 2 rings (SSSR count). The number of rotatable bonds is 4. The van der Waals surface area contributed by atoms with Crippen molar-refractivity contribution >= 4 is 22.6 Å². The van der Waals surface area contributed by atoms with Crippen molar-refractivity contribution in [2.45, 2.75) is 39.5 Å². The van der Waals surface area contributed by atoms with Crippen molar-refractivity contribution in [3.05, 3.63) is 0 Å². The molecule has 96 valence electrons. The average molecular weight is 254 g/mol. The second kappa shape index (κ2) is 6.19. The minimum Gasteiger partial charge on any atom is -0.360 e. The second-order valence-corrected chi connectivity index (χ2v) is 5.83. The van der Waals surface area contributed by atoms with Crippen LogP contribution in [-0.4, -0.2) is 29.0 Å². The molecule has 0 bridgehead atoms. The normalized spacial score (nSPS) is 17.2. The molecule has 1 saturated heterocycles. The number of anilines is 2. The van der Waals surface area contributed by atoms with E-state index in [2.05, 4.69) is 33.4 Å². The minimum atomic E-state index is 0.639. The summed E-state index contributed by atoms with van der Waals surface area (Å²) in [5.41, 5.74) is 0. The van der Waals surface area contributed by atoms with E-state index < -0.39 is 0 Å². The van der Waals surface area contributed by atoms with E-state index in [1.807, 2.05) is 0 Å². The molecule has 0 radical (unpaired) electrons. The SMILES string of the molecule is CC(C)CNc1nc(N2CCCCCC2)ns1. The lowest BCUT2D eigenvalue weighted by molar-refractivity contribution is 0.688. The van der Waals surface area contributed by atoms with Crippen molar-refractivity contribution in [3.63, 3.8) is 0 Å². The molecule has 0 unspecified atom stereocenters. The topological polar surface area (TPSA) is 41.1 Å². The summed E-state index contributed by atoms with van der Waals surface area (Å²) in [6.45, 7) is 7.59. The summed E-state index contributed by atoms with van der Waals surface area (Å²) in [6.07, 6.45) is 5.24. The van der Waals surface area contributed by atoms with E-state index in [4.69, 9.17) is 0 Å². The van der Waals surface area contributed by atoms with E-state index in [1.165, 1.54) is 37.2 Å². The minimum absolute atomic E-state index is 0.639. The standard InChI is InChI=1S/C12H22N4S/c1-10(2)9-13-12-14-11(15-17-12)16-7-5-3-4-6-8-16/h10H,3-9H2,1-2H3,(H,13,14,15). The highest BCUT2D eigenvalue weighted by Gasteiger charge is 2.14. The van der Waals surface area contributed by atoms with Gasteiger partial charge in [0, 0.05) is 31.2 Å². The van der Waals surface area contributed by atoms with Crippen molar-refractivity contribution in [2.75, 3.05) is 29.9 Å². The van der Waals surface area contributed by atoms with Crippen molar-refractivity contribution in [1.82, 2.24) is 9.36 Å². The molecular weight excluding hydrogens is 232 g/mol. The molecule has 1 aliphatic heterocycles. The van der Waals surface area contributed by atoms with Crippen LogP contribution in [0, 0.1) is 5.92 Å². The summed E-state index contributed by atoms with van der Waals surface area (Å²) in [7, 11) is 0. The van der Waals surface area contributed by atoms with Gasteiger partial charge in [-0.2, -0.15) is 9.36 Å². The monoisotopic (exact) mass is 254 g/mol. The third kappa shape index (κ3) is 3.84. The molecule has 0 aromatic carbocycles. The average Bonchev–Trinajstić information content (AvgIpc) is 2.60. The van der Waals surface area contributed by atoms with Crippen molar-refractivity contribution in [1.29, 1.82) is 0 Å². The maximum Gasteiger partial charge on any atom is 0.239 e. The van der Waals surface area contributed by atoms with Crippen molar-refractivity contribution in [2.24, 2.45) is 5.92 Å². The van der Waals surface area contributed by atoms with Crippen LogP contribution >= 0.6 is 11.5 Å². The molecule has 0 spiro atoms. The van der Waals surface area contributed by atoms with Crippen LogP contribution in [0.15, 0.2) is 0 Å². The number of nitrogens with one attached hydrogen (secondary N) is 1. The van der Waals surface area contributed by atoms with Gasteiger partial charge < -0.3 is 10.2 Å². The Kier molecular flexibility index (Phi) is 4.59. The van der Waals surface area contributed by atoms with Gasteiger partial charge in [-0.1, -0.05) is 26.7 Å². The number of nitrogens with zero attached hydrogens (tertiary/aromatic N) is 3. The fourth-order valence-electron chi connectivity index (χ4n) is 1.98. The Morgan fingerprint density at radius 1 is 1.24 bits per heavy atom. The lowest BCUT2D eigenvalue weighted by atomic mass is 10.2. The Hall–Kier alpha value is -0.840. The molecular formula is C12H22N4S. The van der Waals surface area contributed by atoms with Gasteiger partial charge in [-0.25, -0.2) is 0 Å². The van der Waals surface area contributed by atoms with Crippen molar-refractivity contribution < 1.29 is 0 Å². The van der Waals surface area contributed by atoms with Crippen LogP contribution in [0.4, 0.5) is 11.1 Å². The van der Waals surface area contributed by atoms with Crippen LogP contribution in [-0.2, 0) is 0 Å². The number of hydrogen-bond acceptors (Lipinski definition) is 5. The first-order valence-corrected chi connectivity index (χ1v) is 7.35. The first kappa shape index (κ1) is 12.6. The first-order chi connectivity index (χ1) is 8.25. The molecule has 17 heavy (non-hydrogen) atoms. The molecule has 1 aliphatic rings. The number of hydrogen-bond donors (Lipinski definition) is 1. The summed E-state index contributed by atoms with van der Waals surface area (Å²) in [5.74, 6) is 1.56. The molecule has 0 atom stereocenters. The Balaban J connectivity index is 1.92. The molecule has 0 amide bonds. The Morgan fingerprint density at radius 2 is 1.94 bits per heavy atom. The molecule has 0 saturated carbocycles. The molecule has 4 nitrogen and oxygen atoms in total. The van der Waals surface area contributed by atoms with Gasteiger partial charge in [-0.3, -0.25) is 0 Å². The van der Waals surface area contributed by atoms with Gasteiger partial charge in [0.1, 0.15) is 0 Å².